The molecule has 0 saturated heterocycles. The summed E-state index contributed by atoms with van der Waals surface area (Å²) in [6, 6.07) is 10.5. The largest absolute Gasteiger partial charge is 0.331 e. The number of hydrogen-bond acceptors (Lipinski definition) is 3. The molecule has 2 heterocycles. The SMILES string of the molecule is CCCC(=O)N(CC(=O)N1CCc2sccc2[C@@H]1c1ccccc1C)[C@H](C)CC. The first-order valence-electron chi connectivity index (χ1n) is 10.7. The van der Waals surface area contributed by atoms with Crippen molar-refractivity contribution in [3.05, 3.63) is 57.3 Å². The van der Waals surface area contributed by atoms with Crippen molar-refractivity contribution in [1.29, 1.82) is 0 Å². The van der Waals surface area contributed by atoms with E-state index in [0.717, 1.165) is 19.3 Å². The average molecular weight is 413 g/mol. The monoisotopic (exact) mass is 412 g/mol. The Balaban J connectivity index is 1.92. The first-order chi connectivity index (χ1) is 14.0. The molecule has 4 nitrogen and oxygen atoms in total. The Labute approximate surface area is 178 Å². The fourth-order valence-corrected chi connectivity index (χ4v) is 5.02. The van der Waals surface area contributed by atoms with E-state index in [1.807, 2.05) is 30.9 Å². The van der Waals surface area contributed by atoms with Gasteiger partial charge in [-0.3, -0.25) is 9.59 Å². The maximum absolute atomic E-state index is 13.5. The molecule has 3 rings (SSSR count). The second-order valence-electron chi connectivity index (χ2n) is 7.92. The summed E-state index contributed by atoms with van der Waals surface area (Å²) in [6.45, 7) is 9.07. The van der Waals surface area contributed by atoms with E-state index in [9.17, 15) is 9.59 Å². The Morgan fingerprint density at radius 2 is 1.97 bits per heavy atom. The molecule has 5 heteroatoms. The van der Waals surface area contributed by atoms with E-state index in [1.165, 1.54) is 21.6 Å². The standard InChI is InChI=1S/C24H32N2O2S/c1-5-9-22(27)26(18(4)6-2)16-23(28)25-14-12-21-20(13-15-29-21)24(25)19-11-8-7-10-17(19)3/h7-8,10-11,13,15,18,24H,5-6,9,12,14,16H2,1-4H3/t18-,24+/m1/s1. The van der Waals surface area contributed by atoms with Crippen molar-refractivity contribution in [3.63, 3.8) is 0 Å². The average Bonchev–Trinajstić information content (AvgIpc) is 3.20. The Morgan fingerprint density at radius 1 is 1.21 bits per heavy atom. The fourth-order valence-electron chi connectivity index (χ4n) is 4.12. The Kier molecular flexibility index (Phi) is 7.12. The van der Waals surface area contributed by atoms with Gasteiger partial charge < -0.3 is 9.80 Å². The lowest BCUT2D eigenvalue weighted by molar-refractivity contribution is -0.143. The lowest BCUT2D eigenvalue weighted by Gasteiger charge is -2.39. The van der Waals surface area contributed by atoms with Crippen LogP contribution in [0.5, 0.6) is 0 Å². The van der Waals surface area contributed by atoms with Crippen molar-refractivity contribution in [3.8, 4) is 0 Å². The molecule has 2 amide bonds. The molecule has 2 atom stereocenters. The predicted molar refractivity (Wildman–Crippen MR) is 119 cm³/mol. The first-order valence-corrected chi connectivity index (χ1v) is 11.6. The molecule has 0 N–H and O–H groups in total. The summed E-state index contributed by atoms with van der Waals surface area (Å²) >= 11 is 1.77. The highest BCUT2D eigenvalue weighted by Gasteiger charge is 2.35. The molecule has 0 bridgehead atoms. The molecule has 29 heavy (non-hydrogen) atoms. The molecule has 1 aliphatic heterocycles. The van der Waals surface area contributed by atoms with Crippen LogP contribution in [0.15, 0.2) is 35.7 Å². The summed E-state index contributed by atoms with van der Waals surface area (Å²) in [5, 5.41) is 2.13. The van der Waals surface area contributed by atoms with Gasteiger partial charge in [-0.2, -0.15) is 0 Å². The van der Waals surface area contributed by atoms with E-state index >= 15 is 0 Å². The number of aryl methyl sites for hydroxylation is 1. The number of thiophene rings is 1. The van der Waals surface area contributed by atoms with Gasteiger partial charge in [0.1, 0.15) is 6.54 Å². The highest BCUT2D eigenvalue weighted by atomic mass is 32.1. The molecular weight excluding hydrogens is 380 g/mol. The van der Waals surface area contributed by atoms with Gasteiger partial charge in [-0.1, -0.05) is 38.1 Å². The Hall–Kier alpha value is -2.14. The third-order valence-electron chi connectivity index (χ3n) is 5.98. The van der Waals surface area contributed by atoms with E-state index in [1.54, 1.807) is 16.2 Å². The summed E-state index contributed by atoms with van der Waals surface area (Å²) in [6.07, 6.45) is 3.02. The number of carbonyl (C=O) groups excluding carboxylic acids is 2. The van der Waals surface area contributed by atoms with Crippen molar-refractivity contribution in [2.24, 2.45) is 0 Å². The zero-order chi connectivity index (χ0) is 21.0. The number of hydrogen-bond donors (Lipinski definition) is 0. The van der Waals surface area contributed by atoms with Gasteiger partial charge in [-0.25, -0.2) is 0 Å². The maximum atomic E-state index is 13.5. The minimum Gasteiger partial charge on any atom is -0.331 e. The van der Waals surface area contributed by atoms with Crippen LogP contribution in [-0.4, -0.2) is 40.7 Å². The molecule has 0 aliphatic carbocycles. The molecule has 0 unspecified atom stereocenters. The summed E-state index contributed by atoms with van der Waals surface area (Å²) < 4.78 is 0. The normalized spacial score (nSPS) is 17.0. The van der Waals surface area contributed by atoms with Crippen molar-refractivity contribution in [2.45, 2.75) is 65.5 Å². The zero-order valence-electron chi connectivity index (χ0n) is 18.0. The number of nitrogens with zero attached hydrogens (tertiary/aromatic N) is 2. The molecule has 156 valence electrons. The van der Waals surface area contributed by atoms with Crippen LogP contribution in [0.25, 0.3) is 0 Å². The van der Waals surface area contributed by atoms with Crippen molar-refractivity contribution in [1.82, 2.24) is 9.80 Å². The molecule has 1 aliphatic rings. The third kappa shape index (κ3) is 4.55. The van der Waals surface area contributed by atoms with Crippen LogP contribution in [0, 0.1) is 6.92 Å². The summed E-state index contributed by atoms with van der Waals surface area (Å²) in [4.78, 5) is 31.3. The van der Waals surface area contributed by atoms with Crippen LogP contribution in [0.1, 0.15) is 67.6 Å². The van der Waals surface area contributed by atoms with Crippen molar-refractivity contribution in [2.75, 3.05) is 13.1 Å². The maximum Gasteiger partial charge on any atom is 0.243 e. The first kappa shape index (κ1) is 21.6. The van der Waals surface area contributed by atoms with Crippen LogP contribution >= 0.6 is 11.3 Å². The number of carbonyl (C=O) groups is 2. The molecule has 0 fully saturated rings. The molecule has 1 aromatic carbocycles. The van der Waals surface area contributed by atoms with Crippen molar-refractivity contribution >= 4 is 23.2 Å². The number of fused-ring (bicyclic) bond motifs is 1. The number of benzene rings is 1. The second kappa shape index (κ2) is 9.57. The molecule has 0 saturated carbocycles. The van der Waals surface area contributed by atoms with Crippen LogP contribution in [0.2, 0.25) is 0 Å². The van der Waals surface area contributed by atoms with Gasteiger partial charge in [0.05, 0.1) is 6.04 Å². The van der Waals surface area contributed by atoms with Gasteiger partial charge in [0.25, 0.3) is 0 Å². The van der Waals surface area contributed by atoms with Gasteiger partial charge >= 0.3 is 0 Å². The van der Waals surface area contributed by atoms with Gasteiger partial charge in [0.2, 0.25) is 11.8 Å². The van der Waals surface area contributed by atoms with E-state index in [-0.39, 0.29) is 30.4 Å². The van der Waals surface area contributed by atoms with Crippen LogP contribution in [-0.2, 0) is 16.0 Å². The van der Waals surface area contributed by atoms with Crippen LogP contribution < -0.4 is 0 Å². The molecule has 0 radical (unpaired) electrons. The lowest BCUT2D eigenvalue weighted by Crippen LogP contribution is -2.49. The third-order valence-corrected chi connectivity index (χ3v) is 6.98. The van der Waals surface area contributed by atoms with E-state index < -0.39 is 0 Å². The molecule has 1 aromatic heterocycles. The molecule has 2 aromatic rings. The van der Waals surface area contributed by atoms with Gasteiger partial charge in [0.15, 0.2) is 0 Å². The van der Waals surface area contributed by atoms with E-state index in [4.69, 9.17) is 0 Å². The Morgan fingerprint density at radius 3 is 2.66 bits per heavy atom. The zero-order valence-corrected chi connectivity index (χ0v) is 18.8. The number of amides is 2. The highest BCUT2D eigenvalue weighted by Crippen LogP contribution is 2.39. The molecule has 0 spiro atoms. The predicted octanol–water partition coefficient (Wildman–Crippen LogP) is 4.96. The smallest absolute Gasteiger partial charge is 0.243 e. The van der Waals surface area contributed by atoms with Gasteiger partial charge in [-0.15, -0.1) is 11.3 Å². The van der Waals surface area contributed by atoms with E-state index in [2.05, 4.69) is 37.4 Å². The highest BCUT2D eigenvalue weighted by molar-refractivity contribution is 7.10. The van der Waals surface area contributed by atoms with Gasteiger partial charge in [0, 0.05) is 23.9 Å². The number of rotatable bonds is 7. The molecular formula is C24H32N2O2S. The Bertz CT molecular complexity index is 860. The van der Waals surface area contributed by atoms with Crippen LogP contribution in [0.4, 0.5) is 0 Å². The quantitative estimate of drug-likeness (QED) is 0.645. The van der Waals surface area contributed by atoms with Gasteiger partial charge in [-0.05, 0) is 61.2 Å². The lowest BCUT2D eigenvalue weighted by atomic mass is 9.90. The van der Waals surface area contributed by atoms with E-state index in [0.29, 0.717) is 13.0 Å². The minimum atomic E-state index is -0.0706. The van der Waals surface area contributed by atoms with Crippen molar-refractivity contribution < 1.29 is 9.59 Å². The topological polar surface area (TPSA) is 40.6 Å². The van der Waals surface area contributed by atoms with Crippen LogP contribution in [0.3, 0.4) is 0 Å². The summed E-state index contributed by atoms with van der Waals surface area (Å²) in [5.41, 5.74) is 3.60. The second-order valence-corrected chi connectivity index (χ2v) is 8.92. The summed E-state index contributed by atoms with van der Waals surface area (Å²) in [5.74, 6) is 0.121. The minimum absolute atomic E-state index is 0.0415. The summed E-state index contributed by atoms with van der Waals surface area (Å²) in [7, 11) is 0. The fraction of sp³-hybridized carbons (Fsp3) is 0.500.